The third-order valence-electron chi connectivity index (χ3n) is 2.57. The van der Waals surface area contributed by atoms with E-state index in [0.29, 0.717) is 11.1 Å². The second-order valence-corrected chi connectivity index (χ2v) is 5.84. The van der Waals surface area contributed by atoms with Crippen LogP contribution in [0.2, 0.25) is 0 Å². The Bertz CT molecular complexity index is 656. The molecule has 10 heteroatoms. The van der Waals surface area contributed by atoms with Gasteiger partial charge in [0, 0.05) is 5.69 Å². The second kappa shape index (κ2) is 5.90. The number of sulfonamides is 1. The van der Waals surface area contributed by atoms with E-state index in [-0.39, 0.29) is 10.6 Å². The molecule has 6 nitrogen and oxygen atoms in total. The van der Waals surface area contributed by atoms with Gasteiger partial charge in [-0.25, -0.2) is 18.4 Å². The van der Waals surface area contributed by atoms with E-state index in [0.717, 1.165) is 6.07 Å². The number of halogens is 3. The highest BCUT2D eigenvalue weighted by atomic mass is 32.2. The second-order valence-electron chi connectivity index (χ2n) is 4.27. The van der Waals surface area contributed by atoms with E-state index >= 15 is 0 Å². The number of anilines is 1. The van der Waals surface area contributed by atoms with Crippen LogP contribution >= 0.6 is 0 Å². The number of hydrogen-bond acceptors (Lipinski definition) is 4. The monoisotopic (exact) mass is 326 g/mol. The van der Waals surface area contributed by atoms with Gasteiger partial charge < -0.3 is 4.74 Å². The molecule has 0 spiro atoms. The average Bonchev–Trinajstić information content (AvgIpc) is 2.30. The lowest BCUT2D eigenvalue weighted by atomic mass is 10.1. The summed E-state index contributed by atoms with van der Waals surface area (Å²) in [5.41, 5.74) is 0.977. The zero-order chi connectivity index (χ0) is 16.4. The largest absolute Gasteiger partial charge is 0.440 e. The quantitative estimate of drug-likeness (QED) is 0.888. The van der Waals surface area contributed by atoms with E-state index in [9.17, 15) is 26.4 Å². The number of amides is 1. The van der Waals surface area contributed by atoms with Crippen LogP contribution in [0, 0.1) is 13.8 Å². The molecule has 0 heterocycles. The lowest BCUT2D eigenvalue weighted by Gasteiger charge is -2.13. The standard InChI is InChI=1S/C11H13F3N2O4S/c1-6-3-8(21(15,18)19)4-9(7(6)2)16-10(17)20-5-11(12,13)14/h3-4H,5H2,1-2H3,(H,16,17)(H2,15,18,19). The first-order valence-corrected chi connectivity index (χ1v) is 7.09. The van der Waals surface area contributed by atoms with Gasteiger partial charge in [-0.2, -0.15) is 13.2 Å². The van der Waals surface area contributed by atoms with E-state index in [1.807, 2.05) is 0 Å². The molecule has 1 rings (SSSR count). The van der Waals surface area contributed by atoms with E-state index in [1.165, 1.54) is 6.07 Å². The maximum atomic E-state index is 11.9. The number of primary sulfonamides is 1. The van der Waals surface area contributed by atoms with Crippen molar-refractivity contribution in [2.24, 2.45) is 5.14 Å². The van der Waals surface area contributed by atoms with E-state index in [4.69, 9.17) is 5.14 Å². The van der Waals surface area contributed by atoms with Crippen molar-refractivity contribution in [2.45, 2.75) is 24.9 Å². The predicted octanol–water partition coefficient (Wildman–Crippen LogP) is 2.06. The molecule has 0 bridgehead atoms. The molecule has 1 amide bonds. The van der Waals surface area contributed by atoms with Crippen LogP contribution in [-0.4, -0.2) is 27.3 Å². The maximum Gasteiger partial charge on any atom is 0.422 e. The van der Waals surface area contributed by atoms with Gasteiger partial charge in [-0.05, 0) is 37.1 Å². The molecule has 0 atom stereocenters. The summed E-state index contributed by atoms with van der Waals surface area (Å²) in [7, 11) is -4.01. The van der Waals surface area contributed by atoms with Crippen LogP contribution in [0.1, 0.15) is 11.1 Å². The van der Waals surface area contributed by atoms with Crippen molar-refractivity contribution in [3.63, 3.8) is 0 Å². The van der Waals surface area contributed by atoms with Gasteiger partial charge in [0.2, 0.25) is 10.0 Å². The number of carbonyl (C=O) groups is 1. The van der Waals surface area contributed by atoms with Crippen LogP contribution in [0.15, 0.2) is 17.0 Å². The molecule has 0 saturated heterocycles. The zero-order valence-electron chi connectivity index (χ0n) is 11.1. The van der Waals surface area contributed by atoms with Crippen molar-refractivity contribution in [3.05, 3.63) is 23.3 Å². The van der Waals surface area contributed by atoms with Crippen molar-refractivity contribution in [1.82, 2.24) is 0 Å². The van der Waals surface area contributed by atoms with E-state index in [1.54, 1.807) is 13.8 Å². The van der Waals surface area contributed by atoms with Gasteiger partial charge >= 0.3 is 12.3 Å². The molecule has 0 aliphatic rings. The Morgan fingerprint density at radius 2 is 1.90 bits per heavy atom. The van der Waals surface area contributed by atoms with Crippen LogP contribution in [0.3, 0.4) is 0 Å². The Balaban J connectivity index is 2.98. The van der Waals surface area contributed by atoms with Crippen molar-refractivity contribution in [2.75, 3.05) is 11.9 Å². The fraction of sp³-hybridized carbons (Fsp3) is 0.364. The summed E-state index contributed by atoms with van der Waals surface area (Å²) in [6.45, 7) is 1.38. The van der Waals surface area contributed by atoms with Crippen LogP contribution in [0.5, 0.6) is 0 Å². The van der Waals surface area contributed by atoms with Crippen molar-refractivity contribution >= 4 is 21.8 Å². The summed E-state index contributed by atoms with van der Waals surface area (Å²) in [5.74, 6) is 0. The van der Waals surface area contributed by atoms with E-state index < -0.39 is 28.9 Å². The molecule has 21 heavy (non-hydrogen) atoms. The Labute approximate surface area is 119 Å². The first kappa shape index (κ1) is 17.2. The molecule has 1 aromatic carbocycles. The highest BCUT2D eigenvalue weighted by Gasteiger charge is 2.29. The third-order valence-corrected chi connectivity index (χ3v) is 3.47. The summed E-state index contributed by atoms with van der Waals surface area (Å²) in [6, 6.07) is 2.34. The molecule has 118 valence electrons. The number of hydrogen-bond donors (Lipinski definition) is 2. The van der Waals surface area contributed by atoms with Gasteiger partial charge in [0.25, 0.3) is 0 Å². The molecule has 3 N–H and O–H groups in total. The molecule has 0 fully saturated rings. The lowest BCUT2D eigenvalue weighted by Crippen LogP contribution is -2.24. The van der Waals surface area contributed by atoms with Crippen molar-refractivity contribution in [3.8, 4) is 0 Å². The Kier molecular flexibility index (Phi) is 4.84. The maximum absolute atomic E-state index is 11.9. The topological polar surface area (TPSA) is 98.5 Å². The molecule has 0 saturated carbocycles. The fourth-order valence-corrected chi connectivity index (χ4v) is 2.04. The Morgan fingerprint density at radius 1 is 1.33 bits per heavy atom. The highest BCUT2D eigenvalue weighted by Crippen LogP contribution is 2.24. The van der Waals surface area contributed by atoms with Gasteiger partial charge in [-0.1, -0.05) is 0 Å². The minimum absolute atomic E-state index is 0.00574. The molecule has 0 unspecified atom stereocenters. The summed E-state index contributed by atoms with van der Waals surface area (Å²) in [5, 5.41) is 7.03. The molecule has 0 aliphatic carbocycles. The number of alkyl halides is 3. The highest BCUT2D eigenvalue weighted by molar-refractivity contribution is 7.89. The first-order chi connectivity index (χ1) is 9.40. The van der Waals surface area contributed by atoms with Gasteiger partial charge in [-0.15, -0.1) is 0 Å². The molecular formula is C11H13F3N2O4S. The predicted molar refractivity (Wildman–Crippen MR) is 68.3 cm³/mol. The van der Waals surface area contributed by atoms with Crippen molar-refractivity contribution < 1.29 is 31.1 Å². The fourth-order valence-electron chi connectivity index (χ4n) is 1.41. The molecule has 0 aliphatic heterocycles. The smallest absolute Gasteiger partial charge is 0.422 e. The number of nitrogens with one attached hydrogen (secondary N) is 1. The summed E-state index contributed by atoms with van der Waals surface area (Å²) < 4.78 is 62.3. The van der Waals surface area contributed by atoms with Crippen LogP contribution in [0.4, 0.5) is 23.7 Å². The molecule has 0 radical (unpaired) electrons. The van der Waals surface area contributed by atoms with Gasteiger partial charge in [-0.3, -0.25) is 5.32 Å². The number of carbonyl (C=O) groups excluding carboxylic acids is 1. The SMILES string of the molecule is Cc1cc(S(N)(=O)=O)cc(NC(=O)OCC(F)(F)F)c1C. The number of aryl methyl sites for hydroxylation is 1. The number of benzene rings is 1. The number of rotatable bonds is 3. The van der Waals surface area contributed by atoms with Crippen LogP contribution in [-0.2, 0) is 14.8 Å². The molecular weight excluding hydrogens is 313 g/mol. The lowest BCUT2D eigenvalue weighted by molar-refractivity contribution is -0.159. The van der Waals surface area contributed by atoms with Gasteiger partial charge in [0.15, 0.2) is 6.61 Å². The normalized spacial score (nSPS) is 12.1. The Morgan fingerprint density at radius 3 is 2.38 bits per heavy atom. The minimum atomic E-state index is -4.65. The molecule has 1 aromatic rings. The number of nitrogens with two attached hydrogens (primary N) is 1. The summed E-state index contributed by atoms with van der Waals surface area (Å²) in [6.07, 6.45) is -5.99. The van der Waals surface area contributed by atoms with Gasteiger partial charge in [0.05, 0.1) is 4.90 Å². The van der Waals surface area contributed by atoms with Crippen molar-refractivity contribution in [1.29, 1.82) is 0 Å². The first-order valence-electron chi connectivity index (χ1n) is 5.55. The van der Waals surface area contributed by atoms with Gasteiger partial charge in [0.1, 0.15) is 0 Å². The number of ether oxygens (including phenoxy) is 1. The van der Waals surface area contributed by atoms with E-state index in [2.05, 4.69) is 10.1 Å². The minimum Gasteiger partial charge on any atom is -0.440 e. The van der Waals surface area contributed by atoms with Crippen LogP contribution < -0.4 is 10.5 Å². The summed E-state index contributed by atoms with van der Waals surface area (Å²) >= 11 is 0. The van der Waals surface area contributed by atoms with Crippen LogP contribution in [0.25, 0.3) is 0 Å². The third kappa shape index (κ3) is 5.23. The Hall–Kier alpha value is -1.81. The summed E-state index contributed by atoms with van der Waals surface area (Å²) in [4.78, 5) is 11.0. The zero-order valence-corrected chi connectivity index (χ0v) is 11.9. The average molecular weight is 326 g/mol. The molecule has 0 aromatic heterocycles.